The zero-order chi connectivity index (χ0) is 16.5. The van der Waals surface area contributed by atoms with E-state index in [1.807, 2.05) is 15.6 Å². The van der Waals surface area contributed by atoms with Gasteiger partial charge in [0, 0.05) is 19.5 Å². The number of carbonyl (C=O) groups is 1. The van der Waals surface area contributed by atoms with E-state index in [0.29, 0.717) is 25.4 Å². The van der Waals surface area contributed by atoms with Crippen molar-refractivity contribution in [1.82, 2.24) is 34.9 Å². The van der Waals surface area contributed by atoms with E-state index in [9.17, 15) is 9.90 Å². The van der Waals surface area contributed by atoms with Gasteiger partial charge in [-0.3, -0.25) is 9.48 Å². The minimum Gasteiger partial charge on any atom is -0.386 e. The van der Waals surface area contributed by atoms with Crippen LogP contribution in [0.15, 0.2) is 12.4 Å². The summed E-state index contributed by atoms with van der Waals surface area (Å²) < 4.78 is 3.50. The third-order valence-corrected chi connectivity index (χ3v) is 4.70. The van der Waals surface area contributed by atoms with Gasteiger partial charge in [-0.2, -0.15) is 5.10 Å². The molecule has 128 valence electrons. The Bertz CT molecular complexity index is 707. The standard InChI is InChI=1S/C15H21N7O2/c23-14(4-7-21-10-16-18-19-21)20-5-1-6-22-12(9-20)8-13(17-22)15(24)11-2-3-11/h8,10-11,15,24H,1-7,9H2/t15-/m0/s1. The number of nitrogens with zero attached hydrogens (tertiary/aromatic N) is 7. The van der Waals surface area contributed by atoms with Crippen molar-refractivity contribution < 1.29 is 9.90 Å². The minimum atomic E-state index is -0.464. The zero-order valence-electron chi connectivity index (χ0n) is 13.5. The lowest BCUT2D eigenvalue weighted by atomic mass is 10.1. The largest absolute Gasteiger partial charge is 0.386 e. The van der Waals surface area contributed by atoms with Crippen molar-refractivity contribution in [3.05, 3.63) is 23.8 Å². The van der Waals surface area contributed by atoms with Crippen molar-refractivity contribution in [2.24, 2.45) is 5.92 Å². The predicted molar refractivity (Wildman–Crippen MR) is 82.4 cm³/mol. The van der Waals surface area contributed by atoms with Crippen molar-refractivity contribution >= 4 is 5.91 Å². The molecule has 2 aliphatic rings. The molecule has 1 aliphatic carbocycles. The number of carbonyl (C=O) groups excluding carboxylic acids is 1. The highest BCUT2D eigenvalue weighted by Gasteiger charge is 2.33. The number of amides is 1. The van der Waals surface area contributed by atoms with Crippen LogP contribution in [0, 0.1) is 5.92 Å². The number of tetrazole rings is 1. The fraction of sp³-hybridized carbons (Fsp3) is 0.667. The van der Waals surface area contributed by atoms with Crippen LogP contribution in [0.2, 0.25) is 0 Å². The van der Waals surface area contributed by atoms with Crippen LogP contribution in [-0.2, 0) is 24.4 Å². The van der Waals surface area contributed by atoms with E-state index in [-0.39, 0.29) is 5.91 Å². The summed E-state index contributed by atoms with van der Waals surface area (Å²) in [6.45, 7) is 2.52. The number of aliphatic hydroxyl groups excluding tert-OH is 1. The highest BCUT2D eigenvalue weighted by Crippen LogP contribution is 2.40. The number of aromatic nitrogens is 6. The van der Waals surface area contributed by atoms with Crippen molar-refractivity contribution in [3.63, 3.8) is 0 Å². The van der Waals surface area contributed by atoms with Gasteiger partial charge in [0.1, 0.15) is 12.4 Å². The molecule has 0 spiro atoms. The number of aryl methyl sites for hydroxylation is 2. The summed E-state index contributed by atoms with van der Waals surface area (Å²) in [5, 5.41) is 25.7. The minimum absolute atomic E-state index is 0.0874. The molecule has 1 atom stereocenters. The molecule has 0 saturated heterocycles. The second-order valence-corrected chi connectivity index (χ2v) is 6.56. The van der Waals surface area contributed by atoms with Gasteiger partial charge >= 0.3 is 0 Å². The number of hydrogen-bond acceptors (Lipinski definition) is 6. The van der Waals surface area contributed by atoms with Crippen LogP contribution in [-0.4, -0.2) is 52.4 Å². The first-order valence-corrected chi connectivity index (χ1v) is 8.44. The molecule has 0 unspecified atom stereocenters. The lowest BCUT2D eigenvalue weighted by Gasteiger charge is -2.19. The Kier molecular flexibility index (Phi) is 4.01. The van der Waals surface area contributed by atoms with Crippen molar-refractivity contribution in [2.45, 2.75) is 51.4 Å². The number of rotatable bonds is 5. The van der Waals surface area contributed by atoms with E-state index in [0.717, 1.165) is 43.7 Å². The Morgan fingerprint density at radius 3 is 3.00 bits per heavy atom. The topological polar surface area (TPSA) is 102 Å². The first-order valence-electron chi connectivity index (χ1n) is 8.44. The van der Waals surface area contributed by atoms with E-state index in [4.69, 9.17) is 0 Å². The van der Waals surface area contributed by atoms with Gasteiger partial charge < -0.3 is 10.0 Å². The monoisotopic (exact) mass is 331 g/mol. The van der Waals surface area contributed by atoms with E-state index in [1.54, 1.807) is 4.68 Å². The summed E-state index contributed by atoms with van der Waals surface area (Å²) in [7, 11) is 0. The van der Waals surface area contributed by atoms with Crippen LogP contribution >= 0.6 is 0 Å². The molecule has 4 rings (SSSR count). The van der Waals surface area contributed by atoms with Crippen LogP contribution in [0.25, 0.3) is 0 Å². The van der Waals surface area contributed by atoms with Gasteiger partial charge in [-0.15, -0.1) is 5.10 Å². The lowest BCUT2D eigenvalue weighted by Crippen LogP contribution is -2.31. The van der Waals surface area contributed by atoms with Crippen LogP contribution in [0.5, 0.6) is 0 Å². The van der Waals surface area contributed by atoms with E-state index in [1.165, 1.54) is 6.33 Å². The van der Waals surface area contributed by atoms with Gasteiger partial charge in [-0.25, -0.2) is 4.68 Å². The van der Waals surface area contributed by atoms with Gasteiger partial charge in [0.05, 0.1) is 24.5 Å². The molecule has 0 bridgehead atoms. The Hall–Kier alpha value is -2.29. The summed E-state index contributed by atoms with van der Waals surface area (Å²) in [5.41, 5.74) is 1.74. The quantitative estimate of drug-likeness (QED) is 0.836. The zero-order valence-corrected chi connectivity index (χ0v) is 13.5. The van der Waals surface area contributed by atoms with Crippen LogP contribution < -0.4 is 0 Å². The number of aliphatic hydroxyl groups is 1. The summed E-state index contributed by atoms with van der Waals surface area (Å²) in [6.07, 6.45) is 4.43. The smallest absolute Gasteiger partial charge is 0.224 e. The predicted octanol–water partition coefficient (Wildman–Crippen LogP) is 0.136. The van der Waals surface area contributed by atoms with E-state index >= 15 is 0 Å². The van der Waals surface area contributed by atoms with Gasteiger partial charge in [-0.1, -0.05) is 0 Å². The molecule has 1 aliphatic heterocycles. The van der Waals surface area contributed by atoms with Crippen molar-refractivity contribution in [3.8, 4) is 0 Å². The maximum Gasteiger partial charge on any atom is 0.224 e. The molecule has 2 aromatic heterocycles. The molecule has 9 heteroatoms. The highest BCUT2D eigenvalue weighted by molar-refractivity contribution is 5.76. The van der Waals surface area contributed by atoms with Crippen LogP contribution in [0.4, 0.5) is 0 Å². The SMILES string of the molecule is O=C(CCn1cnnn1)N1CCCn2nc([C@@H](O)C3CC3)cc2C1. The molecule has 3 heterocycles. The summed E-state index contributed by atoms with van der Waals surface area (Å²) in [4.78, 5) is 14.3. The van der Waals surface area contributed by atoms with Crippen molar-refractivity contribution in [2.75, 3.05) is 6.54 Å². The van der Waals surface area contributed by atoms with Gasteiger partial charge in [-0.05, 0) is 41.7 Å². The summed E-state index contributed by atoms with van der Waals surface area (Å²) in [6, 6.07) is 1.95. The Labute approximate surface area is 139 Å². The number of fused-ring (bicyclic) bond motifs is 1. The molecule has 1 fully saturated rings. The maximum absolute atomic E-state index is 12.5. The fourth-order valence-electron chi connectivity index (χ4n) is 3.15. The Morgan fingerprint density at radius 1 is 1.38 bits per heavy atom. The average Bonchev–Trinajstić information content (AvgIpc) is 3.23. The first-order chi connectivity index (χ1) is 11.7. The third kappa shape index (κ3) is 3.16. The molecule has 0 aromatic carbocycles. The molecule has 1 saturated carbocycles. The third-order valence-electron chi connectivity index (χ3n) is 4.70. The molecule has 24 heavy (non-hydrogen) atoms. The van der Waals surface area contributed by atoms with Gasteiger partial charge in [0.25, 0.3) is 0 Å². The van der Waals surface area contributed by atoms with Gasteiger partial charge in [0.15, 0.2) is 0 Å². The lowest BCUT2D eigenvalue weighted by molar-refractivity contribution is -0.132. The molecule has 0 radical (unpaired) electrons. The van der Waals surface area contributed by atoms with Crippen LogP contribution in [0.3, 0.4) is 0 Å². The number of hydrogen-bond donors (Lipinski definition) is 1. The second kappa shape index (κ2) is 6.31. The molecular formula is C15H21N7O2. The average molecular weight is 331 g/mol. The Morgan fingerprint density at radius 2 is 2.25 bits per heavy atom. The Balaban J connectivity index is 1.42. The first kappa shape index (κ1) is 15.3. The van der Waals surface area contributed by atoms with Crippen LogP contribution in [0.1, 0.15) is 43.2 Å². The van der Waals surface area contributed by atoms with Gasteiger partial charge in [0.2, 0.25) is 5.91 Å². The molecule has 1 N–H and O–H groups in total. The summed E-state index contributed by atoms with van der Waals surface area (Å²) >= 11 is 0. The second-order valence-electron chi connectivity index (χ2n) is 6.56. The maximum atomic E-state index is 12.5. The normalized spacial score (nSPS) is 19.0. The molecular weight excluding hydrogens is 310 g/mol. The summed E-state index contributed by atoms with van der Waals surface area (Å²) in [5.74, 6) is 0.447. The molecule has 2 aromatic rings. The van der Waals surface area contributed by atoms with E-state index in [2.05, 4.69) is 20.6 Å². The fourth-order valence-corrected chi connectivity index (χ4v) is 3.15. The highest BCUT2D eigenvalue weighted by atomic mass is 16.3. The molecule has 9 nitrogen and oxygen atoms in total. The van der Waals surface area contributed by atoms with Crippen molar-refractivity contribution in [1.29, 1.82) is 0 Å². The van der Waals surface area contributed by atoms with E-state index < -0.39 is 6.10 Å². The molecule has 1 amide bonds.